The van der Waals surface area contributed by atoms with E-state index < -0.39 is 6.09 Å². The fourth-order valence-electron chi connectivity index (χ4n) is 5.72. The summed E-state index contributed by atoms with van der Waals surface area (Å²) in [6, 6.07) is 19.8. The minimum absolute atomic E-state index is 0.205. The van der Waals surface area contributed by atoms with Gasteiger partial charge in [-0.15, -0.1) is 0 Å². The first-order chi connectivity index (χ1) is 16.2. The van der Waals surface area contributed by atoms with E-state index in [9.17, 15) is 9.18 Å². The molecule has 4 nitrogen and oxygen atoms in total. The van der Waals surface area contributed by atoms with Crippen LogP contribution in [-0.2, 0) is 15.6 Å². The second kappa shape index (κ2) is 8.15. The van der Waals surface area contributed by atoms with Gasteiger partial charge in [-0.1, -0.05) is 55.8 Å². The average molecular weight is 459 g/mol. The third-order valence-electron chi connectivity index (χ3n) is 7.98. The van der Waals surface area contributed by atoms with Crippen molar-refractivity contribution in [2.24, 2.45) is 0 Å². The van der Waals surface area contributed by atoms with Gasteiger partial charge < -0.3 is 9.64 Å². The van der Waals surface area contributed by atoms with Gasteiger partial charge in [-0.25, -0.2) is 9.18 Å². The molecule has 0 fully saturated rings. The largest absolute Gasteiger partial charge is 0.453 e. The van der Waals surface area contributed by atoms with Gasteiger partial charge >= 0.3 is 6.09 Å². The first kappa shape index (κ1) is 22.5. The molecule has 2 heterocycles. The van der Waals surface area contributed by atoms with Gasteiger partial charge in [-0.05, 0) is 66.3 Å². The highest BCUT2D eigenvalue weighted by atomic mass is 19.1. The van der Waals surface area contributed by atoms with Gasteiger partial charge in [0.15, 0.2) is 0 Å². The van der Waals surface area contributed by atoms with E-state index in [1.54, 1.807) is 0 Å². The third kappa shape index (κ3) is 3.54. The van der Waals surface area contributed by atoms with Crippen LogP contribution in [0.2, 0.25) is 0 Å². The number of amides is 1. The zero-order valence-corrected chi connectivity index (χ0v) is 20.2. The maximum absolute atomic E-state index is 13.8. The predicted octanol–water partition coefficient (Wildman–Crippen LogP) is 6.54. The van der Waals surface area contributed by atoms with E-state index in [4.69, 9.17) is 4.74 Å². The van der Waals surface area contributed by atoms with Crippen molar-refractivity contribution in [2.45, 2.75) is 44.4 Å². The summed E-state index contributed by atoms with van der Waals surface area (Å²) < 4.78 is 18.7. The molecule has 1 N–H and O–H groups in total. The summed E-state index contributed by atoms with van der Waals surface area (Å²) in [5.74, 6) is -0.236. The normalized spacial score (nSPS) is 23.3. The molecule has 0 unspecified atom stereocenters. The second-order valence-electron chi connectivity index (χ2n) is 10.1. The lowest BCUT2D eigenvalue weighted by atomic mass is 9.64. The van der Waals surface area contributed by atoms with Crippen LogP contribution < -0.4 is 10.2 Å². The van der Waals surface area contributed by atoms with Crippen LogP contribution in [0.25, 0.3) is 0 Å². The van der Waals surface area contributed by atoms with Gasteiger partial charge in [-0.2, -0.15) is 0 Å². The molecule has 3 aromatic rings. The van der Waals surface area contributed by atoms with Crippen LogP contribution in [0.3, 0.4) is 0 Å². The van der Waals surface area contributed by atoms with E-state index in [2.05, 4.69) is 67.4 Å². The highest BCUT2D eigenvalue weighted by Gasteiger charge is 2.45. The molecular weight excluding hydrogens is 427 g/mol. The standard InChI is InChI=1S/C29H31FN2O2/c1-19-5-7-20(8-6-19)28(2)13-15-32-16-14-29(3,21-9-11-22(30)12-10-21)25-18-23(31-27(33)34-4)17-24(28)26(25)32/h5-12,17-18H,13-16H2,1-4H3,(H,31,33)/t28-,29-/m0/s1. The molecule has 34 heavy (non-hydrogen) atoms. The average Bonchev–Trinajstić information content (AvgIpc) is 2.83. The van der Waals surface area contributed by atoms with E-state index >= 15 is 0 Å². The molecule has 0 bridgehead atoms. The number of methoxy groups -OCH3 is 1. The summed E-state index contributed by atoms with van der Waals surface area (Å²) in [5.41, 5.74) is 7.39. The zero-order valence-electron chi connectivity index (χ0n) is 20.2. The molecule has 0 radical (unpaired) electrons. The van der Waals surface area contributed by atoms with Gasteiger partial charge in [0.05, 0.1) is 7.11 Å². The van der Waals surface area contributed by atoms with E-state index in [0.29, 0.717) is 0 Å². The number of nitrogens with one attached hydrogen (secondary N) is 1. The summed E-state index contributed by atoms with van der Waals surface area (Å²) >= 11 is 0. The number of benzene rings is 3. The third-order valence-corrected chi connectivity index (χ3v) is 7.98. The molecule has 2 atom stereocenters. The van der Waals surface area contributed by atoms with E-state index in [1.165, 1.54) is 41.6 Å². The number of rotatable bonds is 3. The summed E-state index contributed by atoms with van der Waals surface area (Å²) in [4.78, 5) is 14.7. The monoisotopic (exact) mass is 458 g/mol. The quantitative estimate of drug-likeness (QED) is 0.485. The van der Waals surface area contributed by atoms with Crippen molar-refractivity contribution in [2.75, 3.05) is 30.4 Å². The molecule has 0 saturated heterocycles. The molecule has 2 aliphatic heterocycles. The Hall–Kier alpha value is -3.34. The van der Waals surface area contributed by atoms with Crippen LogP contribution in [0.1, 0.15) is 54.5 Å². The van der Waals surface area contributed by atoms with Crippen molar-refractivity contribution in [3.8, 4) is 0 Å². The number of hydrogen-bond donors (Lipinski definition) is 1. The van der Waals surface area contributed by atoms with Crippen LogP contribution in [0.5, 0.6) is 0 Å². The van der Waals surface area contributed by atoms with Crippen LogP contribution in [0, 0.1) is 12.7 Å². The Balaban J connectivity index is 1.75. The molecule has 176 valence electrons. The van der Waals surface area contributed by atoms with Crippen molar-refractivity contribution in [1.82, 2.24) is 0 Å². The maximum atomic E-state index is 13.8. The summed E-state index contributed by atoms with van der Waals surface area (Å²) in [6.07, 6.45) is 1.40. The van der Waals surface area contributed by atoms with Gasteiger partial charge in [0.1, 0.15) is 5.82 Å². The maximum Gasteiger partial charge on any atom is 0.411 e. The van der Waals surface area contributed by atoms with Gasteiger partial charge in [-0.3, -0.25) is 5.32 Å². The minimum atomic E-state index is -0.490. The summed E-state index contributed by atoms with van der Waals surface area (Å²) in [5, 5.41) is 2.91. The lowest BCUT2D eigenvalue weighted by molar-refractivity contribution is 0.187. The Morgan fingerprint density at radius 3 is 1.91 bits per heavy atom. The fraction of sp³-hybridized carbons (Fsp3) is 0.345. The molecule has 1 amide bonds. The van der Waals surface area contributed by atoms with Gasteiger partial charge in [0, 0.05) is 35.3 Å². The number of carbonyl (C=O) groups excluding carboxylic acids is 1. The molecule has 0 saturated carbocycles. The van der Waals surface area contributed by atoms with E-state index in [-0.39, 0.29) is 16.6 Å². The smallest absolute Gasteiger partial charge is 0.411 e. The molecule has 2 aliphatic rings. The van der Waals surface area contributed by atoms with Crippen molar-refractivity contribution < 1.29 is 13.9 Å². The molecule has 3 aromatic carbocycles. The molecule has 0 aromatic heterocycles. The second-order valence-corrected chi connectivity index (χ2v) is 10.1. The number of hydrogen-bond acceptors (Lipinski definition) is 3. The first-order valence-corrected chi connectivity index (χ1v) is 11.9. The van der Waals surface area contributed by atoms with Crippen LogP contribution in [-0.4, -0.2) is 26.3 Å². The fourth-order valence-corrected chi connectivity index (χ4v) is 5.72. The SMILES string of the molecule is COC(=O)Nc1cc2c3c(c1)[C@](C)(c1ccc(F)cc1)CCN3CC[C@@]2(C)c1ccc(C)cc1. The molecule has 5 rings (SSSR count). The predicted molar refractivity (Wildman–Crippen MR) is 134 cm³/mol. The lowest BCUT2D eigenvalue weighted by Gasteiger charge is -2.50. The Morgan fingerprint density at radius 2 is 1.41 bits per heavy atom. The molecule has 0 spiro atoms. The summed E-state index contributed by atoms with van der Waals surface area (Å²) in [7, 11) is 1.37. The van der Waals surface area contributed by atoms with Crippen molar-refractivity contribution in [1.29, 1.82) is 0 Å². The van der Waals surface area contributed by atoms with Gasteiger partial charge in [0.25, 0.3) is 0 Å². The van der Waals surface area contributed by atoms with Crippen molar-refractivity contribution in [3.05, 3.63) is 94.3 Å². The Kier molecular flexibility index (Phi) is 5.38. The number of nitrogens with zero attached hydrogens (tertiary/aromatic N) is 1. The molecular formula is C29H31FN2O2. The highest BCUT2D eigenvalue weighted by molar-refractivity contribution is 5.87. The van der Waals surface area contributed by atoms with Crippen LogP contribution in [0.15, 0.2) is 60.7 Å². The number of halogens is 1. The van der Waals surface area contributed by atoms with Crippen LogP contribution in [0.4, 0.5) is 20.6 Å². The zero-order chi connectivity index (χ0) is 24.1. The lowest BCUT2D eigenvalue weighted by Crippen LogP contribution is -2.47. The highest BCUT2D eigenvalue weighted by Crippen LogP contribution is 2.54. The number of ether oxygens (including phenoxy) is 1. The molecule has 0 aliphatic carbocycles. The summed E-state index contributed by atoms with van der Waals surface area (Å²) in [6.45, 7) is 8.53. The van der Waals surface area contributed by atoms with E-state index in [0.717, 1.165) is 42.7 Å². The molecule has 5 heteroatoms. The first-order valence-electron chi connectivity index (χ1n) is 11.9. The number of anilines is 2. The Bertz CT molecular complexity index is 1150. The van der Waals surface area contributed by atoms with Crippen LogP contribution >= 0.6 is 0 Å². The van der Waals surface area contributed by atoms with Crippen molar-refractivity contribution >= 4 is 17.5 Å². The number of aryl methyl sites for hydroxylation is 1. The van der Waals surface area contributed by atoms with Crippen molar-refractivity contribution in [3.63, 3.8) is 0 Å². The number of carbonyl (C=O) groups is 1. The Morgan fingerprint density at radius 1 is 0.912 bits per heavy atom. The van der Waals surface area contributed by atoms with Gasteiger partial charge in [0.2, 0.25) is 0 Å². The topological polar surface area (TPSA) is 41.6 Å². The Labute approximate surface area is 200 Å². The van der Waals surface area contributed by atoms with E-state index in [1.807, 2.05) is 12.1 Å². The minimum Gasteiger partial charge on any atom is -0.453 e.